The summed E-state index contributed by atoms with van der Waals surface area (Å²) in [5.74, 6) is 0.918. The Morgan fingerprint density at radius 2 is 1.88 bits per heavy atom. The summed E-state index contributed by atoms with van der Waals surface area (Å²) < 4.78 is 26.0. The SMILES string of the molecule is COc1ccc(F)c(-c2ccc([C@@H]3CCc4ccc(C(CC(=O)O)C5CCC5)cc4O3)cc2)c1. The Kier molecular flexibility index (Phi) is 6.27. The van der Waals surface area contributed by atoms with Crippen molar-refractivity contribution in [1.29, 1.82) is 0 Å². The fourth-order valence-electron chi connectivity index (χ4n) is 5.17. The van der Waals surface area contributed by atoms with Gasteiger partial charge >= 0.3 is 5.97 Å². The Labute approximate surface area is 199 Å². The predicted octanol–water partition coefficient (Wildman–Crippen LogP) is 6.93. The molecule has 0 spiro atoms. The van der Waals surface area contributed by atoms with E-state index in [0.29, 0.717) is 17.2 Å². The Balaban J connectivity index is 1.36. The van der Waals surface area contributed by atoms with Gasteiger partial charge in [0.25, 0.3) is 0 Å². The van der Waals surface area contributed by atoms with Gasteiger partial charge in [-0.3, -0.25) is 4.79 Å². The second-order valence-corrected chi connectivity index (χ2v) is 9.38. The van der Waals surface area contributed by atoms with E-state index < -0.39 is 5.97 Å². The van der Waals surface area contributed by atoms with Crippen molar-refractivity contribution >= 4 is 5.97 Å². The van der Waals surface area contributed by atoms with Crippen LogP contribution in [0.4, 0.5) is 4.39 Å². The van der Waals surface area contributed by atoms with Crippen molar-refractivity contribution in [1.82, 2.24) is 0 Å². The topological polar surface area (TPSA) is 55.8 Å². The maximum absolute atomic E-state index is 14.4. The number of methoxy groups -OCH3 is 1. The number of ether oxygens (including phenoxy) is 2. The quantitative estimate of drug-likeness (QED) is 0.416. The van der Waals surface area contributed by atoms with E-state index in [1.807, 2.05) is 24.3 Å². The van der Waals surface area contributed by atoms with Gasteiger partial charge in [0.15, 0.2) is 0 Å². The molecule has 1 N–H and O–H groups in total. The highest BCUT2D eigenvalue weighted by atomic mass is 19.1. The summed E-state index contributed by atoms with van der Waals surface area (Å²) in [5, 5.41) is 9.43. The third-order valence-electron chi connectivity index (χ3n) is 7.34. The lowest BCUT2D eigenvalue weighted by atomic mass is 9.71. The second-order valence-electron chi connectivity index (χ2n) is 9.38. The number of aryl methyl sites for hydroxylation is 1. The van der Waals surface area contributed by atoms with Crippen molar-refractivity contribution in [3.63, 3.8) is 0 Å². The predicted molar refractivity (Wildman–Crippen MR) is 129 cm³/mol. The molecule has 3 aromatic carbocycles. The fraction of sp³-hybridized carbons (Fsp3) is 0.345. The van der Waals surface area contributed by atoms with Gasteiger partial charge in [0, 0.05) is 5.56 Å². The van der Waals surface area contributed by atoms with Crippen LogP contribution in [0, 0.1) is 11.7 Å². The number of carboxylic acid groups (broad SMARTS) is 1. The minimum Gasteiger partial charge on any atom is -0.497 e. The molecule has 5 heteroatoms. The van der Waals surface area contributed by atoms with Crippen molar-refractivity contribution in [3.8, 4) is 22.6 Å². The summed E-state index contributed by atoms with van der Waals surface area (Å²) in [7, 11) is 1.57. The van der Waals surface area contributed by atoms with Gasteiger partial charge < -0.3 is 14.6 Å². The first kappa shape index (κ1) is 22.5. The summed E-state index contributed by atoms with van der Waals surface area (Å²) in [6.45, 7) is 0. The number of hydrogen-bond acceptors (Lipinski definition) is 3. The molecule has 1 aliphatic carbocycles. The normalized spacial score (nSPS) is 18.4. The fourth-order valence-corrected chi connectivity index (χ4v) is 5.17. The van der Waals surface area contributed by atoms with Crippen molar-refractivity contribution in [3.05, 3.63) is 83.2 Å². The van der Waals surface area contributed by atoms with Crippen molar-refractivity contribution in [2.75, 3.05) is 7.11 Å². The molecule has 5 rings (SSSR count). The van der Waals surface area contributed by atoms with Crippen molar-refractivity contribution in [2.24, 2.45) is 5.92 Å². The van der Waals surface area contributed by atoms with Gasteiger partial charge in [0.2, 0.25) is 0 Å². The number of hydrogen-bond donors (Lipinski definition) is 1. The van der Waals surface area contributed by atoms with Gasteiger partial charge in [-0.1, -0.05) is 42.8 Å². The molecule has 0 bridgehead atoms. The zero-order valence-electron chi connectivity index (χ0n) is 19.3. The lowest BCUT2D eigenvalue weighted by Crippen LogP contribution is -2.23. The molecule has 0 radical (unpaired) electrons. The van der Waals surface area contributed by atoms with Crippen LogP contribution in [-0.2, 0) is 11.2 Å². The van der Waals surface area contributed by atoms with Gasteiger partial charge in [0.05, 0.1) is 13.5 Å². The molecule has 1 saturated carbocycles. The van der Waals surface area contributed by atoms with E-state index in [4.69, 9.17) is 9.47 Å². The van der Waals surface area contributed by atoms with Gasteiger partial charge in [-0.25, -0.2) is 4.39 Å². The molecule has 3 aromatic rings. The molecule has 2 aliphatic rings. The number of carboxylic acids is 1. The molecule has 1 aliphatic heterocycles. The molecular formula is C29H29FO4. The molecule has 1 unspecified atom stereocenters. The lowest BCUT2D eigenvalue weighted by Gasteiger charge is -2.34. The third-order valence-corrected chi connectivity index (χ3v) is 7.34. The van der Waals surface area contributed by atoms with Crippen LogP contribution in [0.5, 0.6) is 11.5 Å². The lowest BCUT2D eigenvalue weighted by molar-refractivity contribution is -0.138. The number of rotatable bonds is 7. The second kappa shape index (κ2) is 9.49. The molecule has 4 nitrogen and oxygen atoms in total. The van der Waals surface area contributed by atoms with Gasteiger partial charge in [-0.2, -0.15) is 0 Å². The minimum atomic E-state index is -0.749. The maximum atomic E-state index is 14.4. The van der Waals surface area contributed by atoms with E-state index in [1.54, 1.807) is 19.2 Å². The molecule has 0 aromatic heterocycles. The zero-order chi connectivity index (χ0) is 23.7. The van der Waals surface area contributed by atoms with Crippen LogP contribution in [0.3, 0.4) is 0 Å². The monoisotopic (exact) mass is 460 g/mol. The molecule has 34 heavy (non-hydrogen) atoms. The minimum absolute atomic E-state index is 0.0394. The van der Waals surface area contributed by atoms with E-state index >= 15 is 0 Å². The average molecular weight is 461 g/mol. The van der Waals surface area contributed by atoms with E-state index in [2.05, 4.69) is 18.2 Å². The summed E-state index contributed by atoms with van der Waals surface area (Å²) in [5.41, 5.74) is 4.57. The first-order chi connectivity index (χ1) is 16.5. The Bertz CT molecular complexity index is 1180. The molecule has 176 valence electrons. The summed E-state index contributed by atoms with van der Waals surface area (Å²) in [6.07, 6.45) is 5.21. The average Bonchev–Trinajstić information content (AvgIpc) is 2.82. The maximum Gasteiger partial charge on any atom is 0.303 e. The van der Waals surface area contributed by atoms with Crippen LogP contribution < -0.4 is 9.47 Å². The zero-order valence-corrected chi connectivity index (χ0v) is 19.3. The highest BCUT2D eigenvalue weighted by Crippen LogP contribution is 2.44. The van der Waals surface area contributed by atoms with Gasteiger partial charge in [-0.15, -0.1) is 0 Å². The molecule has 0 saturated heterocycles. The van der Waals surface area contributed by atoms with Crippen LogP contribution in [0.15, 0.2) is 60.7 Å². The van der Waals surface area contributed by atoms with Crippen LogP contribution in [0.25, 0.3) is 11.1 Å². The van der Waals surface area contributed by atoms with E-state index in [0.717, 1.165) is 53.7 Å². The number of halogens is 1. The largest absolute Gasteiger partial charge is 0.497 e. The van der Waals surface area contributed by atoms with Gasteiger partial charge in [-0.05, 0) is 84.0 Å². The summed E-state index contributed by atoms with van der Waals surface area (Å²) in [6, 6.07) is 18.8. The number of benzene rings is 3. The van der Waals surface area contributed by atoms with E-state index in [9.17, 15) is 14.3 Å². The molecule has 0 amide bonds. The van der Waals surface area contributed by atoms with Crippen LogP contribution in [0.1, 0.15) is 60.8 Å². The van der Waals surface area contributed by atoms with Gasteiger partial charge in [0.1, 0.15) is 23.4 Å². The van der Waals surface area contributed by atoms with Crippen molar-refractivity contribution in [2.45, 2.75) is 50.5 Å². The smallest absolute Gasteiger partial charge is 0.303 e. The third kappa shape index (κ3) is 4.52. The molecule has 1 fully saturated rings. The Hall–Kier alpha value is -3.34. The number of fused-ring (bicyclic) bond motifs is 1. The summed E-state index contributed by atoms with van der Waals surface area (Å²) >= 11 is 0. The molecular weight excluding hydrogens is 431 g/mol. The van der Waals surface area contributed by atoms with E-state index in [1.165, 1.54) is 12.5 Å². The van der Waals surface area contributed by atoms with Crippen molar-refractivity contribution < 1.29 is 23.8 Å². The number of aliphatic carboxylic acids is 1. The molecule has 2 atom stereocenters. The Morgan fingerprint density at radius 1 is 1.09 bits per heavy atom. The standard InChI is InChI=1S/C29H29FO4/c1-33-23-12-13-26(30)25(16-23)19-5-7-20(8-6-19)27-14-11-21-9-10-22(15-28(21)34-27)24(17-29(31)32)18-3-2-4-18/h5-10,12-13,15-16,18,24,27H,2-4,11,14,17H2,1H3,(H,31,32)/t24?,27-/m0/s1. The van der Waals surface area contributed by atoms with Crippen LogP contribution >= 0.6 is 0 Å². The first-order valence-corrected chi connectivity index (χ1v) is 12.0. The number of carbonyl (C=O) groups is 1. The Morgan fingerprint density at radius 3 is 2.56 bits per heavy atom. The first-order valence-electron chi connectivity index (χ1n) is 12.0. The summed E-state index contributed by atoms with van der Waals surface area (Å²) in [4.78, 5) is 11.5. The van der Waals surface area contributed by atoms with E-state index in [-0.39, 0.29) is 24.3 Å². The van der Waals surface area contributed by atoms with Crippen LogP contribution in [0.2, 0.25) is 0 Å². The van der Waals surface area contributed by atoms with Crippen LogP contribution in [-0.4, -0.2) is 18.2 Å². The highest BCUT2D eigenvalue weighted by Gasteiger charge is 2.31. The highest BCUT2D eigenvalue weighted by molar-refractivity contribution is 5.68. The molecule has 1 heterocycles.